The first-order valence-corrected chi connectivity index (χ1v) is 25.7. The summed E-state index contributed by atoms with van der Waals surface area (Å²) in [6.07, 6.45) is 15.2. The molecule has 2 nitrogen and oxygen atoms in total. The molecule has 0 fully saturated rings. The van der Waals surface area contributed by atoms with Gasteiger partial charge in [-0.15, -0.1) is 0 Å². The molecule has 0 aromatic heterocycles. The molecule has 3 aliphatic rings. The molecule has 10 rings (SSSR count). The normalized spacial score (nSPS) is 14.0. The molecule has 3 aliphatic carbocycles. The van der Waals surface area contributed by atoms with Crippen LogP contribution in [0.1, 0.15) is 135 Å². The highest BCUT2D eigenvalue weighted by molar-refractivity contribution is 5.98. The van der Waals surface area contributed by atoms with Crippen molar-refractivity contribution >= 4 is 39.7 Å². The lowest BCUT2D eigenvalue weighted by atomic mass is 9.69. The van der Waals surface area contributed by atoms with Gasteiger partial charge in [0.15, 0.2) is 0 Å². The lowest BCUT2D eigenvalue weighted by Gasteiger charge is -2.35. The molecule has 7 aromatic carbocycles. The van der Waals surface area contributed by atoms with Gasteiger partial charge < -0.3 is 9.80 Å². The Morgan fingerprint density at radius 3 is 1.10 bits per heavy atom. The van der Waals surface area contributed by atoms with Gasteiger partial charge in [-0.05, 0) is 226 Å². The monoisotopic (exact) mass is 877 g/mol. The largest absolute Gasteiger partial charge is 0.310 e. The minimum atomic E-state index is -0.487. The second-order valence-electron chi connectivity index (χ2n) is 18.9. The summed E-state index contributed by atoms with van der Waals surface area (Å²) in [6, 6.07) is 53.0. The van der Waals surface area contributed by atoms with Crippen molar-refractivity contribution in [1.29, 1.82) is 0 Å². The minimum Gasteiger partial charge on any atom is -0.310 e. The molecule has 338 valence electrons. The molecule has 0 bridgehead atoms. The fourth-order valence-corrected chi connectivity index (χ4v) is 12.3. The lowest BCUT2D eigenvalue weighted by Crippen LogP contribution is -2.27. The van der Waals surface area contributed by atoms with Crippen LogP contribution in [0.15, 0.2) is 151 Å². The van der Waals surface area contributed by atoms with Crippen LogP contribution in [0.25, 0.3) is 16.7 Å². The summed E-state index contributed by atoms with van der Waals surface area (Å²) in [5, 5.41) is 0. The van der Waals surface area contributed by atoms with Crippen LogP contribution in [-0.4, -0.2) is 0 Å². The first kappa shape index (κ1) is 44.5. The van der Waals surface area contributed by atoms with Crippen molar-refractivity contribution in [3.63, 3.8) is 0 Å². The average molecular weight is 877 g/mol. The highest BCUT2D eigenvalue weighted by Crippen LogP contribution is 2.64. The molecule has 0 aliphatic heterocycles. The van der Waals surface area contributed by atoms with Gasteiger partial charge in [0.2, 0.25) is 0 Å². The number of rotatable bonds is 14. The number of hydrogen-bond donors (Lipinski definition) is 0. The fourth-order valence-electron chi connectivity index (χ4n) is 12.3. The van der Waals surface area contributed by atoms with Crippen molar-refractivity contribution in [1.82, 2.24) is 0 Å². The van der Waals surface area contributed by atoms with Crippen LogP contribution in [-0.2, 0) is 56.8 Å². The third kappa shape index (κ3) is 7.22. The number of allylic oxidation sites excluding steroid dienone is 4. The van der Waals surface area contributed by atoms with Crippen molar-refractivity contribution in [2.45, 2.75) is 125 Å². The Morgan fingerprint density at radius 2 is 0.716 bits per heavy atom. The first-order valence-electron chi connectivity index (χ1n) is 25.7. The highest BCUT2D eigenvalue weighted by atomic mass is 15.1. The quantitative estimate of drug-likeness (QED) is 0.107. The van der Waals surface area contributed by atoms with Gasteiger partial charge in [0, 0.05) is 34.1 Å². The van der Waals surface area contributed by atoms with Gasteiger partial charge in [-0.2, -0.15) is 0 Å². The molecule has 2 heteroatoms. The Labute approximate surface area is 401 Å². The van der Waals surface area contributed by atoms with E-state index >= 15 is 0 Å². The van der Waals surface area contributed by atoms with Crippen molar-refractivity contribution in [3.8, 4) is 11.1 Å². The molecule has 0 amide bonds. The molecule has 0 radical (unpaired) electrons. The second kappa shape index (κ2) is 18.4. The molecule has 1 spiro atoms. The summed E-state index contributed by atoms with van der Waals surface area (Å²) in [4.78, 5) is 5.09. The van der Waals surface area contributed by atoms with E-state index in [1.165, 1.54) is 123 Å². The van der Waals surface area contributed by atoms with E-state index in [2.05, 4.69) is 211 Å². The van der Waals surface area contributed by atoms with E-state index in [9.17, 15) is 0 Å². The number of hydrogen-bond acceptors (Lipinski definition) is 2. The van der Waals surface area contributed by atoms with Crippen molar-refractivity contribution < 1.29 is 0 Å². The van der Waals surface area contributed by atoms with Crippen molar-refractivity contribution in [3.05, 3.63) is 218 Å². The smallest absolute Gasteiger partial charge is 0.0723 e. The van der Waals surface area contributed by atoms with E-state index in [4.69, 9.17) is 0 Å². The zero-order chi connectivity index (χ0) is 46.4. The topological polar surface area (TPSA) is 6.48 Å². The Morgan fingerprint density at radius 1 is 0.358 bits per heavy atom. The molecule has 0 N–H and O–H groups in total. The van der Waals surface area contributed by atoms with E-state index in [0.717, 1.165) is 64.2 Å². The molecule has 0 unspecified atom stereocenters. The summed E-state index contributed by atoms with van der Waals surface area (Å²) >= 11 is 0. The van der Waals surface area contributed by atoms with Gasteiger partial charge in [0.1, 0.15) is 0 Å². The maximum atomic E-state index is 2.58. The zero-order valence-electron chi connectivity index (χ0n) is 41.3. The number of benzene rings is 7. The fraction of sp³-hybridized carbons (Fsp3) is 0.292. The molecule has 0 saturated heterocycles. The molecular formula is C65H68N2. The third-order valence-corrected chi connectivity index (χ3v) is 15.7. The van der Waals surface area contributed by atoms with Crippen molar-refractivity contribution in [2.24, 2.45) is 0 Å². The Hall–Kier alpha value is -6.38. The highest BCUT2D eigenvalue weighted by Gasteiger charge is 2.53. The van der Waals surface area contributed by atoms with Crippen LogP contribution in [0.2, 0.25) is 0 Å². The van der Waals surface area contributed by atoms with Crippen LogP contribution in [0, 0.1) is 0 Å². The number of anilines is 6. The van der Waals surface area contributed by atoms with Crippen molar-refractivity contribution in [2.75, 3.05) is 9.80 Å². The average Bonchev–Trinajstić information content (AvgIpc) is 3.85. The summed E-state index contributed by atoms with van der Waals surface area (Å²) in [5.41, 5.74) is 29.3. The van der Waals surface area contributed by atoms with Crippen LogP contribution < -0.4 is 9.80 Å². The molecule has 0 atom stereocenters. The van der Waals surface area contributed by atoms with Crippen LogP contribution in [0.4, 0.5) is 34.1 Å². The van der Waals surface area contributed by atoms with E-state index < -0.39 is 5.41 Å². The van der Waals surface area contributed by atoms with E-state index in [1.807, 2.05) is 0 Å². The molecule has 67 heavy (non-hydrogen) atoms. The summed E-state index contributed by atoms with van der Waals surface area (Å²) in [6.45, 7) is 18.3. The summed E-state index contributed by atoms with van der Waals surface area (Å²) in [7, 11) is 0. The summed E-state index contributed by atoms with van der Waals surface area (Å²) in [5.74, 6) is 0. The molecule has 7 aromatic rings. The Balaban J connectivity index is 1.24. The summed E-state index contributed by atoms with van der Waals surface area (Å²) < 4.78 is 0. The first-order chi connectivity index (χ1) is 32.8. The van der Waals surface area contributed by atoms with E-state index in [-0.39, 0.29) is 0 Å². The predicted molar refractivity (Wildman–Crippen MR) is 288 cm³/mol. The molecule has 0 heterocycles. The van der Waals surface area contributed by atoms with Gasteiger partial charge in [-0.3, -0.25) is 0 Å². The van der Waals surface area contributed by atoms with Crippen LogP contribution >= 0.6 is 0 Å². The predicted octanol–water partition coefficient (Wildman–Crippen LogP) is 17.6. The molecule has 0 saturated carbocycles. The SMILES string of the molecule is CCc1ccc(N(c2ccc(CC)c(CC)c2)c2ccc3c(c2)C2(C4=C(CCC=C4)c4ccccc42)c2cc(N(c4ccc(CC)c(CC)c4)c4ccc(CC)c(CC)c4)ccc2-3)cc1CC. The van der Waals surface area contributed by atoms with Gasteiger partial charge in [0.05, 0.1) is 5.41 Å². The van der Waals surface area contributed by atoms with Crippen LogP contribution in [0.3, 0.4) is 0 Å². The van der Waals surface area contributed by atoms with Gasteiger partial charge >= 0.3 is 0 Å². The number of fused-ring (bicyclic) bond motifs is 9. The Kier molecular flexibility index (Phi) is 12.2. The Bertz CT molecular complexity index is 2810. The second-order valence-corrected chi connectivity index (χ2v) is 18.9. The van der Waals surface area contributed by atoms with E-state index in [0.29, 0.717) is 0 Å². The zero-order valence-corrected chi connectivity index (χ0v) is 41.3. The maximum Gasteiger partial charge on any atom is 0.0723 e. The van der Waals surface area contributed by atoms with Gasteiger partial charge in [-0.1, -0.05) is 128 Å². The van der Waals surface area contributed by atoms with Gasteiger partial charge in [0.25, 0.3) is 0 Å². The molecular weight excluding hydrogens is 809 g/mol. The number of aryl methyl sites for hydroxylation is 8. The van der Waals surface area contributed by atoms with Crippen LogP contribution in [0.5, 0.6) is 0 Å². The minimum absolute atomic E-state index is 0.487. The van der Waals surface area contributed by atoms with E-state index in [1.54, 1.807) is 0 Å². The maximum absolute atomic E-state index is 2.58. The lowest BCUT2D eigenvalue weighted by molar-refractivity contribution is 0.780. The number of nitrogens with zero attached hydrogens (tertiary/aromatic N) is 2. The van der Waals surface area contributed by atoms with Gasteiger partial charge in [-0.25, -0.2) is 0 Å². The third-order valence-electron chi connectivity index (χ3n) is 15.7. The standard InChI is InChI=1S/C65H68N2/c1-9-43-25-29-51(37-47(43)13-5)66(52-30-26-44(10-2)48(14-6)38-52)55-33-35-59-60-36-34-56(42-64(60)65(63(59)41-55)61-23-19-17-21-57(61)58-22-18-20-24-62(58)65)67(53-31-27-45(11-3)49(15-7)39-53)54-32-28-46(12-4)50(16-8)40-54/h17,19-21,23-42H,9-16,18,22H2,1-8H3.